The second-order valence-electron chi connectivity index (χ2n) is 7.07. The minimum Gasteiger partial charge on any atom is -0.490 e. The van der Waals surface area contributed by atoms with E-state index in [-0.39, 0.29) is 24.6 Å². The van der Waals surface area contributed by atoms with Crippen molar-refractivity contribution >= 4 is 12.4 Å². The van der Waals surface area contributed by atoms with Crippen LogP contribution in [-0.4, -0.2) is 60.2 Å². The molecule has 1 fully saturated rings. The molecule has 1 atom stereocenters. The second-order valence-corrected chi connectivity index (χ2v) is 7.07. The molecule has 1 aromatic rings. The lowest BCUT2D eigenvalue weighted by molar-refractivity contribution is -0.248. The van der Waals surface area contributed by atoms with Gasteiger partial charge in [0.25, 0.3) is 0 Å². The molecule has 2 aliphatic heterocycles. The minimum atomic E-state index is -1.40. The number of hydrogen-bond acceptors (Lipinski definition) is 6. The largest absolute Gasteiger partial charge is 0.490 e. The second kappa shape index (κ2) is 7.68. The van der Waals surface area contributed by atoms with E-state index in [0.717, 1.165) is 17.7 Å². The van der Waals surface area contributed by atoms with Crippen molar-refractivity contribution in [3.8, 4) is 11.5 Å². The van der Waals surface area contributed by atoms with E-state index in [9.17, 15) is 5.11 Å². The van der Waals surface area contributed by atoms with Crippen LogP contribution >= 0.6 is 12.4 Å². The molecule has 2 aliphatic rings. The van der Waals surface area contributed by atoms with Crippen LogP contribution in [0, 0.1) is 0 Å². The summed E-state index contributed by atoms with van der Waals surface area (Å²) in [5, 5.41) is 20.2. The van der Waals surface area contributed by atoms with Crippen molar-refractivity contribution < 1.29 is 24.4 Å². The summed E-state index contributed by atoms with van der Waals surface area (Å²) in [5.41, 5.74) is 1.41. The van der Waals surface area contributed by atoms with Crippen LogP contribution in [0.2, 0.25) is 0 Å². The number of nitrogens with zero attached hydrogens (tertiary/aromatic N) is 1. The van der Waals surface area contributed by atoms with Gasteiger partial charge in [-0.2, -0.15) is 0 Å². The van der Waals surface area contributed by atoms with Gasteiger partial charge in [0, 0.05) is 30.6 Å². The summed E-state index contributed by atoms with van der Waals surface area (Å²) < 4.78 is 17.5. The van der Waals surface area contributed by atoms with Crippen LogP contribution in [0.5, 0.6) is 11.5 Å². The maximum absolute atomic E-state index is 11.1. The van der Waals surface area contributed by atoms with Gasteiger partial charge in [0.15, 0.2) is 11.5 Å². The summed E-state index contributed by atoms with van der Waals surface area (Å²) in [5.74, 6) is 0.00483. The highest BCUT2D eigenvalue weighted by Gasteiger charge is 2.40. The number of ether oxygens (including phenoxy) is 3. The van der Waals surface area contributed by atoms with E-state index in [0.29, 0.717) is 44.2 Å². The summed E-state index contributed by atoms with van der Waals surface area (Å²) in [4.78, 5) is 2.00. The van der Waals surface area contributed by atoms with Crippen molar-refractivity contribution in [2.24, 2.45) is 0 Å². The summed E-state index contributed by atoms with van der Waals surface area (Å²) in [7, 11) is 0. The fraction of sp³-hybridized carbons (Fsp3) is 0.667. The van der Waals surface area contributed by atoms with E-state index in [1.165, 1.54) is 0 Å². The summed E-state index contributed by atoms with van der Waals surface area (Å²) in [6, 6.07) is 3.77. The number of β-amino-alcohol motifs (C(OH)–C–C–N with tert-alkyl or cyclic N) is 2. The smallest absolute Gasteiger partial charge is 0.205 e. The zero-order chi connectivity index (χ0) is 17.4. The predicted molar refractivity (Wildman–Crippen MR) is 96.6 cm³/mol. The molecule has 1 aromatic carbocycles. The number of rotatable bonds is 5. The first-order valence-electron chi connectivity index (χ1n) is 8.55. The average molecular weight is 374 g/mol. The minimum absolute atomic E-state index is 0. The third-order valence-corrected chi connectivity index (χ3v) is 4.48. The molecular weight excluding hydrogens is 346 g/mol. The van der Waals surface area contributed by atoms with Gasteiger partial charge in [-0.05, 0) is 32.9 Å². The van der Waals surface area contributed by atoms with Gasteiger partial charge in [0.2, 0.25) is 5.79 Å². The standard InChI is InChI=1S/C18H27NO5.ClH/c1-4-22-15-10-14(9-13-11-17(2,3)24-16(13)15)18(21)12-19(5-7-20)6-8-23-18;/h9-10,20-21H,4-8,11-12H2,1-3H3;1H. The first-order valence-corrected chi connectivity index (χ1v) is 8.55. The number of aliphatic hydroxyl groups excluding tert-OH is 1. The van der Waals surface area contributed by atoms with Gasteiger partial charge in [-0.3, -0.25) is 4.90 Å². The van der Waals surface area contributed by atoms with Crippen LogP contribution < -0.4 is 9.47 Å². The molecule has 1 saturated heterocycles. The van der Waals surface area contributed by atoms with E-state index >= 15 is 0 Å². The van der Waals surface area contributed by atoms with Crippen molar-refractivity contribution in [1.29, 1.82) is 0 Å². The lowest BCUT2D eigenvalue weighted by atomic mass is 9.96. The lowest BCUT2D eigenvalue weighted by Crippen LogP contribution is -2.50. The van der Waals surface area contributed by atoms with E-state index in [1.807, 2.05) is 37.8 Å². The van der Waals surface area contributed by atoms with Crippen LogP contribution in [0.15, 0.2) is 12.1 Å². The van der Waals surface area contributed by atoms with E-state index < -0.39 is 5.79 Å². The van der Waals surface area contributed by atoms with Gasteiger partial charge in [-0.1, -0.05) is 0 Å². The Kier molecular flexibility index (Phi) is 6.22. The number of morpholine rings is 1. The number of aliphatic hydroxyl groups is 2. The topological polar surface area (TPSA) is 71.4 Å². The Bertz CT molecular complexity index is 607. The highest BCUT2D eigenvalue weighted by atomic mass is 35.5. The third kappa shape index (κ3) is 4.20. The van der Waals surface area contributed by atoms with Gasteiger partial charge in [-0.15, -0.1) is 12.4 Å². The molecule has 142 valence electrons. The summed E-state index contributed by atoms with van der Waals surface area (Å²) >= 11 is 0. The van der Waals surface area contributed by atoms with Gasteiger partial charge in [0.05, 0.1) is 26.4 Å². The Morgan fingerprint density at radius 2 is 2.08 bits per heavy atom. The molecule has 7 heteroatoms. The zero-order valence-electron chi connectivity index (χ0n) is 15.1. The summed E-state index contributed by atoms with van der Waals surface area (Å²) in [6.07, 6.45) is 0.757. The maximum Gasteiger partial charge on any atom is 0.205 e. The van der Waals surface area contributed by atoms with E-state index in [1.54, 1.807) is 0 Å². The first-order chi connectivity index (χ1) is 11.4. The molecule has 3 rings (SSSR count). The summed E-state index contributed by atoms with van der Waals surface area (Å²) in [6.45, 7) is 8.54. The Morgan fingerprint density at radius 1 is 1.32 bits per heavy atom. The van der Waals surface area contributed by atoms with Gasteiger partial charge in [-0.25, -0.2) is 0 Å². The molecule has 0 saturated carbocycles. The zero-order valence-corrected chi connectivity index (χ0v) is 15.9. The number of hydrogen-bond donors (Lipinski definition) is 2. The monoisotopic (exact) mass is 373 g/mol. The van der Waals surface area contributed by atoms with Gasteiger partial charge < -0.3 is 24.4 Å². The fourth-order valence-electron chi connectivity index (χ4n) is 3.44. The van der Waals surface area contributed by atoms with Crippen LogP contribution in [0.3, 0.4) is 0 Å². The fourth-order valence-corrected chi connectivity index (χ4v) is 3.44. The van der Waals surface area contributed by atoms with E-state index in [2.05, 4.69) is 0 Å². The van der Waals surface area contributed by atoms with Gasteiger partial charge in [0.1, 0.15) is 5.60 Å². The quantitative estimate of drug-likeness (QED) is 0.818. The molecule has 2 heterocycles. The maximum atomic E-state index is 11.1. The number of benzene rings is 1. The molecule has 0 aliphatic carbocycles. The molecular formula is C18H28ClNO5. The van der Waals surface area contributed by atoms with Crippen molar-refractivity contribution in [1.82, 2.24) is 4.90 Å². The highest BCUT2D eigenvalue weighted by molar-refractivity contribution is 5.85. The molecule has 25 heavy (non-hydrogen) atoms. The molecule has 0 aromatic heterocycles. The highest BCUT2D eigenvalue weighted by Crippen LogP contribution is 2.45. The van der Waals surface area contributed by atoms with Crippen LogP contribution in [0.1, 0.15) is 31.9 Å². The van der Waals surface area contributed by atoms with Crippen LogP contribution in [0.25, 0.3) is 0 Å². The normalized spacial score (nSPS) is 25.0. The molecule has 0 spiro atoms. The molecule has 0 radical (unpaired) electrons. The molecule has 1 unspecified atom stereocenters. The Balaban J connectivity index is 0.00000225. The van der Waals surface area contributed by atoms with Gasteiger partial charge >= 0.3 is 0 Å². The van der Waals surface area contributed by atoms with Crippen molar-refractivity contribution in [3.63, 3.8) is 0 Å². The van der Waals surface area contributed by atoms with Crippen LogP contribution in [-0.2, 0) is 16.9 Å². The van der Waals surface area contributed by atoms with Crippen molar-refractivity contribution in [3.05, 3.63) is 23.3 Å². The number of fused-ring (bicyclic) bond motifs is 1. The molecule has 0 amide bonds. The Morgan fingerprint density at radius 3 is 2.76 bits per heavy atom. The van der Waals surface area contributed by atoms with Crippen LogP contribution in [0.4, 0.5) is 0 Å². The van der Waals surface area contributed by atoms with Crippen molar-refractivity contribution in [2.45, 2.75) is 38.6 Å². The Hall–Kier alpha value is -1.05. The van der Waals surface area contributed by atoms with E-state index in [4.69, 9.17) is 19.3 Å². The predicted octanol–water partition coefficient (Wildman–Crippen LogP) is 1.69. The third-order valence-electron chi connectivity index (χ3n) is 4.48. The first kappa shape index (κ1) is 20.3. The molecule has 0 bridgehead atoms. The van der Waals surface area contributed by atoms with Crippen molar-refractivity contribution in [2.75, 3.05) is 39.5 Å². The average Bonchev–Trinajstić information content (AvgIpc) is 2.82. The molecule has 2 N–H and O–H groups in total. The SMILES string of the molecule is CCOc1cc(C2(O)CN(CCO)CCO2)cc2c1OC(C)(C)C2.Cl. The number of halogens is 1. The molecule has 6 nitrogen and oxygen atoms in total. The Labute approximate surface area is 155 Å². The lowest BCUT2D eigenvalue weighted by Gasteiger charge is -2.39.